The lowest BCUT2D eigenvalue weighted by Crippen LogP contribution is -2.13. The summed E-state index contributed by atoms with van der Waals surface area (Å²) in [5.74, 6) is 0. The van der Waals surface area contributed by atoms with Gasteiger partial charge in [0.15, 0.2) is 0 Å². The highest BCUT2D eigenvalue weighted by Gasteiger charge is 2.05. The molecule has 1 amide bonds. The van der Waals surface area contributed by atoms with Crippen LogP contribution in [0.5, 0.6) is 0 Å². The molecule has 0 aliphatic rings. The van der Waals surface area contributed by atoms with Crippen molar-refractivity contribution in [2.75, 3.05) is 6.61 Å². The van der Waals surface area contributed by atoms with Crippen LogP contribution in [0, 0.1) is 0 Å². The standard InChI is InChI=1S/C19H39NO2S2/c1-2-3-4-5-6-7-8-9-10-11-12-13-14-15-16-17-18-22-19(21)20(23)24/h23-24H,2-18H2,1H3. The van der Waals surface area contributed by atoms with E-state index in [1.807, 2.05) is 0 Å². The SMILES string of the molecule is CCCCCCCCCCCCCCCCCCOC(=O)N(S)S. The van der Waals surface area contributed by atoms with Gasteiger partial charge < -0.3 is 4.74 Å². The fourth-order valence-electron chi connectivity index (χ4n) is 2.87. The molecule has 0 fully saturated rings. The highest BCUT2D eigenvalue weighted by atomic mass is 32.2. The monoisotopic (exact) mass is 377 g/mol. The van der Waals surface area contributed by atoms with Crippen molar-refractivity contribution in [1.29, 1.82) is 0 Å². The Labute approximate surface area is 161 Å². The van der Waals surface area contributed by atoms with Crippen molar-refractivity contribution in [3.8, 4) is 0 Å². The summed E-state index contributed by atoms with van der Waals surface area (Å²) in [6.07, 6.45) is 21.0. The van der Waals surface area contributed by atoms with Gasteiger partial charge in [-0.25, -0.2) is 4.79 Å². The molecule has 3 nitrogen and oxygen atoms in total. The molecule has 0 atom stereocenters. The third-order valence-corrected chi connectivity index (χ3v) is 4.71. The highest BCUT2D eigenvalue weighted by Crippen LogP contribution is 2.13. The number of thiol groups is 2. The number of rotatable bonds is 17. The first-order valence-electron chi connectivity index (χ1n) is 10.0. The molecule has 0 bridgehead atoms. The smallest absolute Gasteiger partial charge is 0.429 e. The molecule has 0 aromatic carbocycles. The number of hydrogen-bond acceptors (Lipinski definition) is 4. The number of ether oxygens (including phenoxy) is 1. The normalized spacial score (nSPS) is 10.8. The highest BCUT2D eigenvalue weighted by molar-refractivity contribution is 7.94. The molecule has 0 heterocycles. The summed E-state index contributed by atoms with van der Waals surface area (Å²) in [6.45, 7) is 2.74. The van der Waals surface area contributed by atoms with Crippen molar-refractivity contribution >= 4 is 31.7 Å². The third-order valence-electron chi connectivity index (χ3n) is 4.39. The van der Waals surface area contributed by atoms with Crippen LogP contribution in [0.15, 0.2) is 0 Å². The molecular weight excluding hydrogens is 338 g/mol. The number of carbonyl (C=O) groups excluding carboxylic acids is 1. The van der Waals surface area contributed by atoms with Gasteiger partial charge in [-0.3, -0.25) is 0 Å². The Hall–Kier alpha value is -0.0300. The molecule has 0 saturated heterocycles. The van der Waals surface area contributed by atoms with Gasteiger partial charge in [0.1, 0.15) is 0 Å². The fourth-order valence-corrected chi connectivity index (χ4v) is 2.98. The Morgan fingerprint density at radius 3 is 1.33 bits per heavy atom. The second kappa shape index (κ2) is 19.3. The van der Waals surface area contributed by atoms with Crippen LogP contribution in [0.2, 0.25) is 0 Å². The van der Waals surface area contributed by atoms with Gasteiger partial charge in [-0.15, -0.1) is 0 Å². The quantitative estimate of drug-likeness (QED) is 0.204. The van der Waals surface area contributed by atoms with Gasteiger partial charge >= 0.3 is 6.09 Å². The minimum absolute atomic E-state index is 0.467. The van der Waals surface area contributed by atoms with Crippen LogP contribution in [0.3, 0.4) is 0 Å². The van der Waals surface area contributed by atoms with Crippen LogP contribution in [0.4, 0.5) is 4.79 Å². The molecule has 0 aromatic heterocycles. The largest absolute Gasteiger partial charge is 0.448 e. The van der Waals surface area contributed by atoms with E-state index in [1.165, 1.54) is 89.9 Å². The predicted octanol–water partition coefficient (Wildman–Crippen LogP) is 7.38. The molecule has 0 spiro atoms. The van der Waals surface area contributed by atoms with Crippen molar-refractivity contribution in [3.05, 3.63) is 0 Å². The van der Waals surface area contributed by atoms with Crippen LogP contribution in [0.1, 0.15) is 110 Å². The molecule has 24 heavy (non-hydrogen) atoms. The van der Waals surface area contributed by atoms with E-state index < -0.39 is 6.09 Å². The maximum atomic E-state index is 11.1. The van der Waals surface area contributed by atoms with E-state index in [0.717, 1.165) is 16.6 Å². The summed E-state index contributed by atoms with van der Waals surface area (Å²) in [6, 6.07) is 0. The molecule has 0 saturated carbocycles. The first-order chi connectivity index (χ1) is 11.7. The van der Waals surface area contributed by atoms with Crippen LogP contribution < -0.4 is 0 Å². The minimum atomic E-state index is -0.498. The summed E-state index contributed by atoms with van der Waals surface area (Å²) < 4.78 is 5.82. The van der Waals surface area contributed by atoms with Gasteiger partial charge in [-0.05, 0) is 32.1 Å². The molecule has 0 aliphatic heterocycles. The number of amides is 1. The number of carbonyl (C=O) groups is 1. The predicted molar refractivity (Wildman–Crippen MR) is 111 cm³/mol. The molecule has 0 N–H and O–H groups in total. The van der Waals surface area contributed by atoms with Crippen LogP contribution in [-0.2, 0) is 4.74 Å². The van der Waals surface area contributed by atoms with Crippen molar-refractivity contribution < 1.29 is 9.53 Å². The Morgan fingerprint density at radius 2 is 1.00 bits per heavy atom. The van der Waals surface area contributed by atoms with Gasteiger partial charge in [0.25, 0.3) is 0 Å². The van der Waals surface area contributed by atoms with E-state index in [-0.39, 0.29) is 0 Å². The Bertz CT molecular complexity index is 276. The molecule has 0 rings (SSSR count). The molecule has 5 heteroatoms. The number of hydrogen-bond donors (Lipinski definition) is 2. The van der Waals surface area contributed by atoms with E-state index in [4.69, 9.17) is 4.74 Å². The van der Waals surface area contributed by atoms with Gasteiger partial charge in [0, 0.05) is 0 Å². The second-order valence-electron chi connectivity index (χ2n) is 6.71. The van der Waals surface area contributed by atoms with Crippen LogP contribution >= 0.6 is 25.6 Å². The lowest BCUT2D eigenvalue weighted by Gasteiger charge is -2.08. The molecule has 0 radical (unpaired) electrons. The van der Waals surface area contributed by atoms with Crippen LogP contribution in [-0.4, -0.2) is 16.4 Å². The molecule has 0 unspecified atom stereocenters. The summed E-state index contributed by atoms with van der Waals surface area (Å²) in [7, 11) is 0. The molecule has 0 aromatic rings. The molecule has 144 valence electrons. The van der Waals surface area contributed by atoms with Gasteiger partial charge in [0.2, 0.25) is 0 Å². The first-order valence-corrected chi connectivity index (χ1v) is 10.8. The summed E-state index contributed by atoms with van der Waals surface area (Å²) in [5.41, 5.74) is 0. The van der Waals surface area contributed by atoms with Crippen molar-refractivity contribution in [2.45, 2.75) is 110 Å². The zero-order chi connectivity index (χ0) is 17.9. The van der Waals surface area contributed by atoms with E-state index in [2.05, 4.69) is 32.6 Å². The molecular formula is C19H39NO2S2. The van der Waals surface area contributed by atoms with E-state index in [0.29, 0.717) is 6.61 Å². The van der Waals surface area contributed by atoms with Crippen molar-refractivity contribution in [1.82, 2.24) is 3.71 Å². The van der Waals surface area contributed by atoms with E-state index in [1.54, 1.807) is 0 Å². The lowest BCUT2D eigenvalue weighted by molar-refractivity contribution is 0.140. The van der Waals surface area contributed by atoms with Gasteiger partial charge in [0.05, 0.1) is 6.61 Å². The van der Waals surface area contributed by atoms with E-state index in [9.17, 15) is 4.79 Å². The third kappa shape index (κ3) is 18.3. The zero-order valence-electron chi connectivity index (χ0n) is 15.7. The van der Waals surface area contributed by atoms with Crippen molar-refractivity contribution in [3.63, 3.8) is 0 Å². The first kappa shape index (κ1) is 24.0. The molecule has 0 aliphatic carbocycles. The van der Waals surface area contributed by atoms with E-state index >= 15 is 0 Å². The zero-order valence-corrected chi connectivity index (χ0v) is 17.5. The maximum Gasteiger partial charge on any atom is 0.429 e. The Morgan fingerprint density at radius 1 is 0.667 bits per heavy atom. The van der Waals surface area contributed by atoms with Gasteiger partial charge in [-0.1, -0.05) is 103 Å². The van der Waals surface area contributed by atoms with Crippen LogP contribution in [0.25, 0.3) is 0 Å². The Kier molecular flexibility index (Phi) is 19.3. The Balaban J connectivity index is 3.04. The summed E-state index contributed by atoms with van der Waals surface area (Å²) >= 11 is 7.50. The minimum Gasteiger partial charge on any atom is -0.448 e. The average Bonchev–Trinajstić information content (AvgIpc) is 2.57. The summed E-state index contributed by atoms with van der Waals surface area (Å²) in [4.78, 5) is 11.1. The van der Waals surface area contributed by atoms with Crippen molar-refractivity contribution in [2.24, 2.45) is 0 Å². The van der Waals surface area contributed by atoms with Gasteiger partial charge in [-0.2, -0.15) is 3.71 Å². The second-order valence-corrected chi connectivity index (χ2v) is 7.82. The number of nitrogens with zero attached hydrogens (tertiary/aromatic N) is 1. The maximum absolute atomic E-state index is 11.1. The topological polar surface area (TPSA) is 29.5 Å². The summed E-state index contributed by atoms with van der Waals surface area (Å²) in [5, 5.41) is 0. The number of unbranched alkanes of at least 4 members (excludes halogenated alkanes) is 15. The fraction of sp³-hybridized carbons (Fsp3) is 0.947. The lowest BCUT2D eigenvalue weighted by atomic mass is 10.0. The average molecular weight is 378 g/mol.